The Kier molecular flexibility index (Phi) is 5.65. The van der Waals surface area contributed by atoms with Gasteiger partial charge in [-0.15, -0.1) is 0 Å². The third-order valence-electron chi connectivity index (χ3n) is 4.92. The Bertz CT molecular complexity index is 1260. The van der Waals surface area contributed by atoms with Crippen LogP contribution in [0.3, 0.4) is 0 Å². The molecule has 1 aliphatic rings. The van der Waals surface area contributed by atoms with Crippen molar-refractivity contribution < 1.29 is 19.3 Å². The second-order valence-corrected chi connectivity index (χ2v) is 7.68. The van der Waals surface area contributed by atoms with Crippen molar-refractivity contribution in [2.24, 2.45) is 0 Å². The summed E-state index contributed by atoms with van der Waals surface area (Å²) in [6, 6.07) is 16.2. The predicted molar refractivity (Wildman–Crippen MR) is 116 cm³/mol. The van der Waals surface area contributed by atoms with Crippen molar-refractivity contribution >= 4 is 46.6 Å². The van der Waals surface area contributed by atoms with Crippen molar-refractivity contribution in [2.75, 3.05) is 0 Å². The van der Waals surface area contributed by atoms with Gasteiger partial charge in [0, 0.05) is 11.1 Å². The van der Waals surface area contributed by atoms with Crippen LogP contribution in [0.4, 0.5) is 5.69 Å². The normalized spacial score (nSPS) is 12.6. The Hall–Kier alpha value is -3.75. The summed E-state index contributed by atoms with van der Waals surface area (Å²) in [6.07, 6.45) is 0. The molecule has 3 amide bonds. The number of hydrogen-bond donors (Lipinski definition) is 0. The summed E-state index contributed by atoms with van der Waals surface area (Å²) < 4.78 is 0. The van der Waals surface area contributed by atoms with E-state index in [1.807, 2.05) is 0 Å². The van der Waals surface area contributed by atoms with Crippen LogP contribution >= 0.6 is 23.2 Å². The molecule has 0 N–H and O–H groups in total. The quantitative estimate of drug-likeness (QED) is 0.304. The first-order valence-electron chi connectivity index (χ1n) is 9.26. The Balaban J connectivity index is 1.83. The minimum absolute atomic E-state index is 0.0299. The van der Waals surface area contributed by atoms with Gasteiger partial charge < -0.3 is 0 Å². The van der Waals surface area contributed by atoms with Crippen LogP contribution in [-0.4, -0.2) is 32.7 Å². The number of hydrogen-bond acceptors (Lipinski definition) is 5. The summed E-state index contributed by atoms with van der Waals surface area (Å²) in [5.74, 6) is -2.21. The Morgan fingerprint density at radius 3 is 2.12 bits per heavy atom. The van der Waals surface area contributed by atoms with E-state index in [-0.39, 0.29) is 38.0 Å². The van der Waals surface area contributed by atoms with Crippen LogP contribution in [-0.2, 0) is 6.54 Å². The SMILES string of the molecule is O=C(c1ccccc1Cl)N(Cc1ccc(Cl)cc1[N+](=O)[O-])N1C(=O)c2ccccc2C1=O. The number of imide groups is 1. The number of nitro groups is 1. The molecule has 1 heterocycles. The number of carbonyl (C=O) groups is 3. The van der Waals surface area contributed by atoms with Gasteiger partial charge in [-0.25, -0.2) is 5.01 Å². The molecule has 0 spiro atoms. The highest BCUT2D eigenvalue weighted by atomic mass is 35.5. The van der Waals surface area contributed by atoms with Crippen LogP contribution in [0.5, 0.6) is 0 Å². The number of nitrogens with zero attached hydrogens (tertiary/aromatic N) is 3. The average molecular weight is 470 g/mol. The highest BCUT2D eigenvalue weighted by Crippen LogP contribution is 2.30. The van der Waals surface area contributed by atoms with Gasteiger partial charge in [0.05, 0.1) is 38.7 Å². The smallest absolute Gasteiger partial charge is 0.267 e. The summed E-state index contributed by atoms with van der Waals surface area (Å²) in [4.78, 5) is 50.5. The highest BCUT2D eigenvalue weighted by Gasteiger charge is 2.42. The fourth-order valence-electron chi connectivity index (χ4n) is 3.40. The molecule has 0 radical (unpaired) electrons. The standard InChI is InChI=1S/C22H13Cl2N3O5/c23-14-10-9-13(19(11-14)27(31)32)12-25(20(28)17-7-3-4-8-18(17)24)26-21(29)15-5-1-2-6-16(15)22(26)30/h1-11H,12H2. The topological polar surface area (TPSA) is 101 Å². The second-order valence-electron chi connectivity index (χ2n) is 6.84. The van der Waals surface area contributed by atoms with E-state index in [1.54, 1.807) is 24.3 Å². The summed E-state index contributed by atoms with van der Waals surface area (Å²) in [5, 5.41) is 13.3. The van der Waals surface area contributed by atoms with E-state index in [1.165, 1.54) is 36.4 Å². The molecule has 3 aromatic rings. The third kappa shape index (κ3) is 3.70. The number of hydrazine groups is 1. The van der Waals surface area contributed by atoms with Gasteiger partial charge in [0.1, 0.15) is 0 Å². The Morgan fingerprint density at radius 2 is 1.53 bits per heavy atom. The molecule has 8 nitrogen and oxygen atoms in total. The van der Waals surface area contributed by atoms with Crippen molar-refractivity contribution in [1.82, 2.24) is 10.0 Å². The zero-order valence-electron chi connectivity index (χ0n) is 16.2. The van der Waals surface area contributed by atoms with Crippen LogP contribution < -0.4 is 0 Å². The maximum Gasteiger partial charge on any atom is 0.280 e. The van der Waals surface area contributed by atoms with Crippen LogP contribution in [0, 0.1) is 10.1 Å². The van der Waals surface area contributed by atoms with E-state index in [0.29, 0.717) is 5.01 Å². The maximum atomic E-state index is 13.4. The first-order valence-corrected chi connectivity index (χ1v) is 10.0. The van der Waals surface area contributed by atoms with Gasteiger partial charge in [-0.05, 0) is 36.4 Å². The van der Waals surface area contributed by atoms with Crippen molar-refractivity contribution in [3.8, 4) is 0 Å². The van der Waals surface area contributed by atoms with Crippen molar-refractivity contribution in [1.29, 1.82) is 0 Å². The molecule has 0 saturated carbocycles. The van der Waals surface area contributed by atoms with Gasteiger partial charge in [0.25, 0.3) is 23.4 Å². The highest BCUT2D eigenvalue weighted by molar-refractivity contribution is 6.34. The number of fused-ring (bicyclic) bond motifs is 1. The number of amides is 3. The molecule has 0 bridgehead atoms. The lowest BCUT2D eigenvalue weighted by Crippen LogP contribution is -2.49. The van der Waals surface area contributed by atoms with E-state index < -0.39 is 29.2 Å². The summed E-state index contributed by atoms with van der Waals surface area (Å²) in [5.41, 5.74) is 0.00453. The minimum Gasteiger partial charge on any atom is -0.267 e. The molecule has 10 heteroatoms. The van der Waals surface area contributed by atoms with Gasteiger partial charge in [-0.1, -0.05) is 47.5 Å². The molecular weight excluding hydrogens is 457 g/mol. The van der Waals surface area contributed by atoms with Crippen molar-refractivity contribution in [3.05, 3.63) is 109 Å². The van der Waals surface area contributed by atoms with Crippen LogP contribution in [0.15, 0.2) is 66.7 Å². The van der Waals surface area contributed by atoms with Crippen LogP contribution in [0.2, 0.25) is 10.0 Å². The molecule has 0 unspecified atom stereocenters. The van der Waals surface area contributed by atoms with Gasteiger partial charge in [0.2, 0.25) is 0 Å². The zero-order chi connectivity index (χ0) is 23.0. The fourth-order valence-corrected chi connectivity index (χ4v) is 3.79. The zero-order valence-corrected chi connectivity index (χ0v) is 17.7. The predicted octanol–water partition coefficient (Wildman–Crippen LogP) is 4.76. The van der Waals surface area contributed by atoms with E-state index in [4.69, 9.17) is 23.2 Å². The van der Waals surface area contributed by atoms with Crippen LogP contribution in [0.1, 0.15) is 36.6 Å². The molecule has 3 aromatic carbocycles. The number of halogens is 2. The second kappa shape index (κ2) is 8.41. The molecule has 160 valence electrons. The lowest BCUT2D eigenvalue weighted by molar-refractivity contribution is -0.385. The molecular formula is C22H13Cl2N3O5. The largest absolute Gasteiger partial charge is 0.280 e. The van der Waals surface area contributed by atoms with Gasteiger partial charge in [0.15, 0.2) is 0 Å². The van der Waals surface area contributed by atoms with Crippen molar-refractivity contribution in [2.45, 2.75) is 6.54 Å². The third-order valence-corrected chi connectivity index (χ3v) is 5.48. The lowest BCUT2D eigenvalue weighted by atomic mass is 10.1. The molecule has 32 heavy (non-hydrogen) atoms. The van der Waals surface area contributed by atoms with E-state index in [9.17, 15) is 24.5 Å². The fraction of sp³-hybridized carbons (Fsp3) is 0.0455. The van der Waals surface area contributed by atoms with Gasteiger partial charge >= 0.3 is 0 Å². The van der Waals surface area contributed by atoms with E-state index in [0.717, 1.165) is 11.1 Å². The van der Waals surface area contributed by atoms with E-state index >= 15 is 0 Å². The first-order chi connectivity index (χ1) is 15.3. The minimum atomic E-state index is -0.769. The number of nitro benzene ring substituents is 1. The number of rotatable bonds is 5. The summed E-state index contributed by atoms with van der Waals surface area (Å²) in [7, 11) is 0. The Labute approximate surface area is 191 Å². The average Bonchev–Trinajstić information content (AvgIpc) is 3.03. The first kappa shape index (κ1) is 21.5. The Morgan fingerprint density at radius 1 is 0.938 bits per heavy atom. The van der Waals surface area contributed by atoms with Crippen molar-refractivity contribution in [3.63, 3.8) is 0 Å². The molecule has 0 aliphatic carbocycles. The van der Waals surface area contributed by atoms with Gasteiger partial charge in [-0.2, -0.15) is 5.01 Å². The molecule has 0 atom stereocenters. The summed E-state index contributed by atoms with van der Waals surface area (Å²) >= 11 is 12.1. The molecule has 1 aliphatic heterocycles. The number of benzene rings is 3. The molecule has 0 saturated heterocycles. The maximum absolute atomic E-state index is 13.4. The summed E-state index contributed by atoms with van der Waals surface area (Å²) in [6.45, 7) is -0.441. The van der Waals surface area contributed by atoms with Gasteiger partial charge in [-0.3, -0.25) is 24.5 Å². The molecule has 0 aromatic heterocycles. The monoisotopic (exact) mass is 469 g/mol. The molecule has 0 fully saturated rings. The lowest BCUT2D eigenvalue weighted by Gasteiger charge is -2.30. The van der Waals surface area contributed by atoms with E-state index in [2.05, 4.69) is 0 Å². The van der Waals surface area contributed by atoms with Crippen LogP contribution in [0.25, 0.3) is 0 Å². The number of carbonyl (C=O) groups excluding carboxylic acids is 3. The molecule has 4 rings (SSSR count).